The number of hydrogen-bond donors (Lipinski definition) is 0. The Morgan fingerprint density at radius 1 is 1.05 bits per heavy atom. The Balaban J connectivity index is 3.96. The van der Waals surface area contributed by atoms with Crippen LogP contribution in [-0.2, 0) is 19.1 Å². The summed E-state index contributed by atoms with van der Waals surface area (Å²) in [5.74, 6) is 1.47. The van der Waals surface area contributed by atoms with Crippen molar-refractivity contribution in [2.75, 3.05) is 0 Å². The lowest BCUT2D eigenvalue weighted by atomic mass is 10.1. The van der Waals surface area contributed by atoms with E-state index in [0.29, 0.717) is 0 Å². The van der Waals surface area contributed by atoms with Crippen LogP contribution in [0, 0.1) is 12.3 Å². The highest BCUT2D eigenvalue weighted by Gasteiger charge is 2.15. The summed E-state index contributed by atoms with van der Waals surface area (Å²) in [6, 6.07) is 0. The number of terminal acetylenes is 1. The zero-order valence-electron chi connectivity index (χ0n) is 12.1. The number of esters is 2. The Morgan fingerprint density at radius 2 is 1.53 bits per heavy atom. The molecule has 0 heterocycles. The molecule has 4 heteroatoms. The minimum atomic E-state index is -0.559. The molecule has 108 valence electrons. The average molecular weight is 268 g/mol. The quantitative estimate of drug-likeness (QED) is 0.476. The number of carbonyl (C=O) groups is 2. The molecule has 0 radical (unpaired) electrons. The van der Waals surface area contributed by atoms with Crippen LogP contribution in [0.3, 0.4) is 0 Å². The first-order valence-corrected chi connectivity index (χ1v) is 6.88. The minimum Gasteiger partial charge on any atom is -0.462 e. The Labute approximate surface area is 115 Å². The average Bonchev–Trinajstić information content (AvgIpc) is 2.37. The maximum atomic E-state index is 11.6. The van der Waals surface area contributed by atoms with Crippen molar-refractivity contribution in [1.29, 1.82) is 0 Å². The van der Waals surface area contributed by atoms with E-state index in [1.807, 2.05) is 0 Å². The van der Waals surface area contributed by atoms with Crippen LogP contribution < -0.4 is 0 Å². The van der Waals surface area contributed by atoms with Crippen LogP contribution in [0.2, 0.25) is 0 Å². The van der Waals surface area contributed by atoms with Crippen molar-refractivity contribution >= 4 is 11.9 Å². The van der Waals surface area contributed by atoms with Crippen molar-refractivity contribution in [2.24, 2.45) is 0 Å². The molecule has 4 nitrogen and oxygen atoms in total. The van der Waals surface area contributed by atoms with Gasteiger partial charge in [0, 0.05) is 0 Å². The lowest BCUT2D eigenvalue weighted by Crippen LogP contribution is -2.20. The molecule has 0 aliphatic heterocycles. The SMILES string of the molecule is C#CC(C)OC(=O)CCC(=O)OC(CCC)CCC. The Hall–Kier alpha value is -1.50. The van der Waals surface area contributed by atoms with Crippen LogP contribution in [0.25, 0.3) is 0 Å². The van der Waals surface area contributed by atoms with Gasteiger partial charge < -0.3 is 9.47 Å². The van der Waals surface area contributed by atoms with Gasteiger partial charge in [0.2, 0.25) is 0 Å². The molecule has 0 fully saturated rings. The molecule has 0 aliphatic rings. The second-order valence-corrected chi connectivity index (χ2v) is 4.49. The predicted molar refractivity (Wildman–Crippen MR) is 73.3 cm³/mol. The van der Waals surface area contributed by atoms with Crippen LogP contribution >= 0.6 is 0 Å². The number of ether oxygens (including phenoxy) is 2. The molecule has 1 unspecified atom stereocenters. The first-order valence-electron chi connectivity index (χ1n) is 6.88. The first kappa shape index (κ1) is 17.5. The molecule has 0 aromatic heterocycles. The van der Waals surface area contributed by atoms with Crippen LogP contribution in [0.1, 0.15) is 59.3 Å². The molecule has 0 aliphatic carbocycles. The van der Waals surface area contributed by atoms with Crippen LogP contribution in [0.5, 0.6) is 0 Å². The highest BCUT2D eigenvalue weighted by atomic mass is 16.5. The van der Waals surface area contributed by atoms with Gasteiger partial charge in [-0.05, 0) is 19.8 Å². The molecule has 0 aromatic rings. The standard InChI is InChI=1S/C15H24O4/c1-5-8-13(9-6-2)19-15(17)11-10-14(16)18-12(4)7-3/h3,12-13H,5-6,8-11H2,1-2,4H3. The van der Waals surface area contributed by atoms with Gasteiger partial charge in [0.05, 0.1) is 12.8 Å². The summed E-state index contributed by atoms with van der Waals surface area (Å²) in [5, 5.41) is 0. The molecule has 0 aromatic carbocycles. The van der Waals surface area contributed by atoms with E-state index in [1.165, 1.54) is 0 Å². The third kappa shape index (κ3) is 9.12. The van der Waals surface area contributed by atoms with Crippen LogP contribution in [0.4, 0.5) is 0 Å². The van der Waals surface area contributed by atoms with Gasteiger partial charge in [-0.2, -0.15) is 0 Å². The summed E-state index contributed by atoms with van der Waals surface area (Å²) >= 11 is 0. The second-order valence-electron chi connectivity index (χ2n) is 4.49. The van der Waals surface area contributed by atoms with Crippen molar-refractivity contribution in [1.82, 2.24) is 0 Å². The van der Waals surface area contributed by atoms with E-state index >= 15 is 0 Å². The van der Waals surface area contributed by atoms with E-state index < -0.39 is 12.1 Å². The van der Waals surface area contributed by atoms with Crippen LogP contribution in [0.15, 0.2) is 0 Å². The van der Waals surface area contributed by atoms with Crippen molar-refractivity contribution < 1.29 is 19.1 Å². The number of carbonyl (C=O) groups excluding carboxylic acids is 2. The summed E-state index contributed by atoms with van der Waals surface area (Å²) in [4.78, 5) is 22.9. The highest BCUT2D eigenvalue weighted by molar-refractivity contribution is 5.77. The fourth-order valence-corrected chi connectivity index (χ4v) is 1.65. The lowest BCUT2D eigenvalue weighted by Gasteiger charge is -2.16. The van der Waals surface area contributed by atoms with Gasteiger partial charge in [0.25, 0.3) is 0 Å². The van der Waals surface area contributed by atoms with E-state index in [9.17, 15) is 9.59 Å². The van der Waals surface area contributed by atoms with E-state index in [-0.39, 0.29) is 24.9 Å². The normalized spacial score (nSPS) is 11.7. The zero-order valence-corrected chi connectivity index (χ0v) is 12.1. The lowest BCUT2D eigenvalue weighted by molar-refractivity contribution is -0.155. The molecule has 0 N–H and O–H groups in total. The summed E-state index contributed by atoms with van der Waals surface area (Å²) in [6.45, 7) is 5.71. The first-order chi connectivity index (χ1) is 9.03. The van der Waals surface area contributed by atoms with Gasteiger partial charge in [-0.25, -0.2) is 0 Å². The van der Waals surface area contributed by atoms with E-state index in [1.54, 1.807) is 6.92 Å². The fraction of sp³-hybridized carbons (Fsp3) is 0.733. The molecule has 0 bridgehead atoms. The van der Waals surface area contributed by atoms with Gasteiger partial charge in [-0.1, -0.05) is 32.6 Å². The third-order valence-corrected chi connectivity index (χ3v) is 2.60. The zero-order chi connectivity index (χ0) is 14.7. The molecule has 0 spiro atoms. The minimum absolute atomic E-state index is 0.00975. The van der Waals surface area contributed by atoms with E-state index in [0.717, 1.165) is 25.7 Å². The summed E-state index contributed by atoms with van der Waals surface area (Å²) in [6.07, 6.45) is 8.21. The van der Waals surface area contributed by atoms with Crippen molar-refractivity contribution in [3.8, 4) is 12.3 Å². The Kier molecular flexibility index (Phi) is 9.60. The maximum Gasteiger partial charge on any atom is 0.307 e. The summed E-state index contributed by atoms with van der Waals surface area (Å²) in [5.41, 5.74) is 0. The van der Waals surface area contributed by atoms with Crippen molar-refractivity contribution in [3.63, 3.8) is 0 Å². The second kappa shape index (κ2) is 10.4. The molecule has 19 heavy (non-hydrogen) atoms. The van der Waals surface area contributed by atoms with Gasteiger partial charge in [-0.3, -0.25) is 9.59 Å². The fourth-order valence-electron chi connectivity index (χ4n) is 1.65. The summed E-state index contributed by atoms with van der Waals surface area (Å²) < 4.78 is 10.2. The van der Waals surface area contributed by atoms with Gasteiger partial charge in [-0.15, -0.1) is 6.42 Å². The molecule has 0 saturated carbocycles. The predicted octanol–water partition coefficient (Wildman–Crippen LogP) is 2.84. The van der Waals surface area contributed by atoms with Gasteiger partial charge in [0.15, 0.2) is 6.10 Å². The van der Waals surface area contributed by atoms with Gasteiger partial charge in [0.1, 0.15) is 6.10 Å². The monoisotopic (exact) mass is 268 g/mol. The third-order valence-electron chi connectivity index (χ3n) is 2.60. The van der Waals surface area contributed by atoms with Gasteiger partial charge >= 0.3 is 11.9 Å². The highest BCUT2D eigenvalue weighted by Crippen LogP contribution is 2.11. The molecular formula is C15H24O4. The number of rotatable bonds is 9. The maximum absolute atomic E-state index is 11.6. The van der Waals surface area contributed by atoms with Crippen molar-refractivity contribution in [2.45, 2.75) is 71.5 Å². The van der Waals surface area contributed by atoms with Crippen molar-refractivity contribution in [3.05, 3.63) is 0 Å². The van der Waals surface area contributed by atoms with E-state index in [2.05, 4.69) is 19.8 Å². The largest absolute Gasteiger partial charge is 0.462 e. The Morgan fingerprint density at radius 3 is 1.95 bits per heavy atom. The molecule has 1 atom stereocenters. The smallest absolute Gasteiger partial charge is 0.307 e. The topological polar surface area (TPSA) is 52.6 Å². The molecule has 0 amide bonds. The summed E-state index contributed by atoms with van der Waals surface area (Å²) in [7, 11) is 0. The van der Waals surface area contributed by atoms with E-state index in [4.69, 9.17) is 15.9 Å². The molecular weight excluding hydrogens is 244 g/mol. The molecule has 0 rings (SSSR count). The number of hydrogen-bond acceptors (Lipinski definition) is 4. The Bertz CT molecular complexity index is 311. The molecule has 0 saturated heterocycles. The van der Waals surface area contributed by atoms with Crippen LogP contribution in [-0.4, -0.2) is 24.1 Å².